The van der Waals surface area contributed by atoms with Gasteiger partial charge in [-0.05, 0) is 43.7 Å². The normalized spacial score (nSPS) is 15.5. The summed E-state index contributed by atoms with van der Waals surface area (Å²) in [5, 5.41) is 3.41. The van der Waals surface area contributed by atoms with Crippen molar-refractivity contribution in [3.63, 3.8) is 0 Å². The molecule has 17 heavy (non-hydrogen) atoms. The first-order chi connectivity index (χ1) is 7.27. The molecule has 0 atom stereocenters. The number of benzene rings is 1. The van der Waals surface area contributed by atoms with Gasteiger partial charge in [0.1, 0.15) is 0 Å². The standard InChI is InChI=1S/C12H19N3.2ClH/c1-10-9-11(3-4-12(10)13)15-7-2-5-14-6-8-15;;/h3-4,9,14H,2,5-8,13H2,1H3;2*1H. The van der Waals surface area contributed by atoms with Crippen molar-refractivity contribution >= 4 is 36.2 Å². The van der Waals surface area contributed by atoms with Crippen LogP contribution in [0.3, 0.4) is 0 Å². The number of hydrogen-bond donors (Lipinski definition) is 2. The van der Waals surface area contributed by atoms with Crippen LogP contribution < -0.4 is 16.0 Å². The molecule has 0 radical (unpaired) electrons. The molecule has 0 spiro atoms. The lowest BCUT2D eigenvalue weighted by molar-refractivity contribution is 0.724. The number of nitrogens with zero attached hydrogens (tertiary/aromatic N) is 1. The fraction of sp³-hybridized carbons (Fsp3) is 0.500. The molecule has 1 fully saturated rings. The monoisotopic (exact) mass is 277 g/mol. The molecule has 1 aromatic carbocycles. The highest BCUT2D eigenvalue weighted by Crippen LogP contribution is 2.20. The van der Waals surface area contributed by atoms with Gasteiger partial charge in [0.15, 0.2) is 0 Å². The predicted octanol–water partition coefficient (Wildman–Crippen LogP) is 2.22. The molecular formula is C12H21Cl2N3. The van der Waals surface area contributed by atoms with Crippen molar-refractivity contribution in [2.75, 3.05) is 36.8 Å². The Labute approximate surface area is 116 Å². The molecule has 1 saturated heterocycles. The summed E-state index contributed by atoms with van der Waals surface area (Å²) in [6.45, 7) is 6.49. The van der Waals surface area contributed by atoms with E-state index in [1.165, 1.54) is 17.7 Å². The maximum absolute atomic E-state index is 5.82. The summed E-state index contributed by atoms with van der Waals surface area (Å²) in [5.41, 5.74) is 9.17. The van der Waals surface area contributed by atoms with Gasteiger partial charge in [-0.25, -0.2) is 0 Å². The molecule has 3 nitrogen and oxygen atoms in total. The number of aryl methyl sites for hydroxylation is 1. The summed E-state index contributed by atoms with van der Waals surface area (Å²) in [4.78, 5) is 2.42. The van der Waals surface area contributed by atoms with E-state index in [0.717, 1.165) is 31.9 Å². The number of nitrogens with one attached hydrogen (secondary N) is 1. The van der Waals surface area contributed by atoms with E-state index in [1.807, 2.05) is 6.07 Å². The summed E-state index contributed by atoms with van der Waals surface area (Å²) in [7, 11) is 0. The zero-order valence-electron chi connectivity index (χ0n) is 10.1. The quantitative estimate of drug-likeness (QED) is 0.774. The Bertz CT molecular complexity index is 337. The molecular weight excluding hydrogens is 257 g/mol. The Morgan fingerprint density at radius 2 is 1.94 bits per heavy atom. The average molecular weight is 278 g/mol. The van der Waals surface area contributed by atoms with Crippen LogP contribution in [-0.2, 0) is 0 Å². The molecule has 0 bridgehead atoms. The van der Waals surface area contributed by atoms with Crippen molar-refractivity contribution in [1.82, 2.24) is 5.32 Å². The zero-order chi connectivity index (χ0) is 10.7. The molecule has 1 heterocycles. The Morgan fingerprint density at radius 3 is 2.65 bits per heavy atom. The SMILES string of the molecule is Cc1cc(N2CCCNCC2)ccc1N.Cl.Cl. The van der Waals surface area contributed by atoms with Crippen molar-refractivity contribution in [3.05, 3.63) is 23.8 Å². The summed E-state index contributed by atoms with van der Waals surface area (Å²) in [6, 6.07) is 6.30. The van der Waals surface area contributed by atoms with E-state index in [-0.39, 0.29) is 24.8 Å². The first-order valence-corrected chi connectivity index (χ1v) is 5.59. The molecule has 0 saturated carbocycles. The van der Waals surface area contributed by atoms with Gasteiger partial charge >= 0.3 is 0 Å². The second-order valence-electron chi connectivity index (χ2n) is 4.13. The summed E-state index contributed by atoms with van der Waals surface area (Å²) < 4.78 is 0. The van der Waals surface area contributed by atoms with E-state index in [1.54, 1.807) is 0 Å². The minimum absolute atomic E-state index is 0. The highest BCUT2D eigenvalue weighted by molar-refractivity contribution is 5.85. The molecule has 1 aliphatic rings. The van der Waals surface area contributed by atoms with Gasteiger partial charge in [0.05, 0.1) is 0 Å². The van der Waals surface area contributed by atoms with Gasteiger partial charge in [-0.1, -0.05) is 0 Å². The largest absolute Gasteiger partial charge is 0.399 e. The smallest absolute Gasteiger partial charge is 0.0370 e. The lowest BCUT2D eigenvalue weighted by Crippen LogP contribution is -2.27. The van der Waals surface area contributed by atoms with Gasteiger partial charge in [-0.3, -0.25) is 0 Å². The third kappa shape index (κ3) is 4.26. The summed E-state index contributed by atoms with van der Waals surface area (Å²) >= 11 is 0. The van der Waals surface area contributed by atoms with Gasteiger partial charge in [-0.2, -0.15) is 0 Å². The van der Waals surface area contributed by atoms with Gasteiger partial charge < -0.3 is 16.0 Å². The van der Waals surface area contributed by atoms with Crippen molar-refractivity contribution < 1.29 is 0 Å². The van der Waals surface area contributed by atoms with Crippen LogP contribution in [0.25, 0.3) is 0 Å². The van der Waals surface area contributed by atoms with Gasteiger partial charge in [0, 0.05) is 31.0 Å². The van der Waals surface area contributed by atoms with Crippen molar-refractivity contribution in [2.45, 2.75) is 13.3 Å². The first kappa shape index (κ1) is 16.4. The van der Waals surface area contributed by atoms with Crippen LogP contribution in [0.4, 0.5) is 11.4 Å². The molecule has 0 aromatic heterocycles. The molecule has 0 amide bonds. The number of nitrogen functional groups attached to an aromatic ring is 1. The third-order valence-corrected chi connectivity index (χ3v) is 2.96. The molecule has 98 valence electrons. The molecule has 0 unspecified atom stereocenters. The van der Waals surface area contributed by atoms with Crippen molar-refractivity contribution in [2.24, 2.45) is 0 Å². The molecule has 1 aliphatic heterocycles. The second kappa shape index (κ2) is 7.64. The van der Waals surface area contributed by atoms with Crippen molar-refractivity contribution in [3.8, 4) is 0 Å². The molecule has 5 heteroatoms. The number of nitrogens with two attached hydrogens (primary N) is 1. The number of anilines is 2. The molecule has 0 aliphatic carbocycles. The van der Waals surface area contributed by atoms with E-state index in [0.29, 0.717) is 0 Å². The van der Waals surface area contributed by atoms with Crippen LogP contribution in [0, 0.1) is 6.92 Å². The Kier molecular flexibility index (Phi) is 7.35. The van der Waals surface area contributed by atoms with E-state index < -0.39 is 0 Å². The second-order valence-corrected chi connectivity index (χ2v) is 4.13. The van der Waals surface area contributed by atoms with Crippen LogP contribution in [0.1, 0.15) is 12.0 Å². The highest BCUT2D eigenvalue weighted by atomic mass is 35.5. The zero-order valence-corrected chi connectivity index (χ0v) is 11.7. The number of halogens is 2. The highest BCUT2D eigenvalue weighted by Gasteiger charge is 2.09. The van der Waals surface area contributed by atoms with Crippen LogP contribution in [0.5, 0.6) is 0 Å². The minimum Gasteiger partial charge on any atom is -0.399 e. The topological polar surface area (TPSA) is 41.3 Å². The molecule has 3 N–H and O–H groups in total. The Morgan fingerprint density at radius 1 is 1.18 bits per heavy atom. The van der Waals surface area contributed by atoms with Crippen LogP contribution >= 0.6 is 24.8 Å². The fourth-order valence-electron chi connectivity index (χ4n) is 1.96. The van der Waals surface area contributed by atoms with E-state index >= 15 is 0 Å². The maximum atomic E-state index is 5.82. The van der Waals surface area contributed by atoms with Crippen LogP contribution in [0.2, 0.25) is 0 Å². The predicted molar refractivity (Wildman–Crippen MR) is 79.8 cm³/mol. The van der Waals surface area contributed by atoms with Crippen LogP contribution in [-0.4, -0.2) is 26.2 Å². The molecule has 2 rings (SSSR count). The first-order valence-electron chi connectivity index (χ1n) is 5.59. The third-order valence-electron chi connectivity index (χ3n) is 2.96. The Balaban J connectivity index is 0.00000128. The van der Waals surface area contributed by atoms with E-state index in [2.05, 4.69) is 29.3 Å². The fourth-order valence-corrected chi connectivity index (χ4v) is 1.96. The number of rotatable bonds is 1. The van der Waals surface area contributed by atoms with Crippen LogP contribution in [0.15, 0.2) is 18.2 Å². The van der Waals surface area contributed by atoms with E-state index in [9.17, 15) is 0 Å². The number of hydrogen-bond acceptors (Lipinski definition) is 3. The molecule has 1 aromatic rings. The van der Waals surface area contributed by atoms with Crippen molar-refractivity contribution in [1.29, 1.82) is 0 Å². The summed E-state index contributed by atoms with van der Waals surface area (Å²) in [5.74, 6) is 0. The summed E-state index contributed by atoms with van der Waals surface area (Å²) in [6.07, 6.45) is 1.21. The van der Waals surface area contributed by atoms with E-state index in [4.69, 9.17) is 5.73 Å². The van der Waals surface area contributed by atoms with Gasteiger partial charge in [0.2, 0.25) is 0 Å². The maximum Gasteiger partial charge on any atom is 0.0370 e. The van der Waals surface area contributed by atoms with Gasteiger partial charge in [-0.15, -0.1) is 24.8 Å². The lowest BCUT2D eigenvalue weighted by Gasteiger charge is -2.23. The average Bonchev–Trinajstić information content (AvgIpc) is 2.50. The minimum atomic E-state index is 0. The van der Waals surface area contributed by atoms with Gasteiger partial charge in [0.25, 0.3) is 0 Å². The lowest BCUT2D eigenvalue weighted by atomic mass is 10.1. The Hall–Kier alpha value is -0.640.